The molecular formula is C20H15F4N5O2. The summed E-state index contributed by atoms with van der Waals surface area (Å²) in [6, 6.07) is 6.50. The van der Waals surface area contributed by atoms with Crippen LogP contribution < -0.4 is 11.1 Å². The highest BCUT2D eigenvalue weighted by atomic mass is 19.4. The minimum atomic E-state index is -4.79. The van der Waals surface area contributed by atoms with Crippen molar-refractivity contribution in [3.05, 3.63) is 65.7 Å². The fourth-order valence-electron chi connectivity index (χ4n) is 3.20. The number of nitrogens with zero attached hydrogens (tertiary/aromatic N) is 3. The standard InChI is InChI=1S/C20H15F4N5O2/c21-14-4-3-12(7-13(14)16-17(20(22,23)24)31-9-15(25)29-16)28-19(30)11-6-10-2-1-5-26-18(10)27-8-11/h1-8,16-17H,9H2,(H2,25,29)(H,28,30). The molecule has 0 saturated heterocycles. The molecule has 31 heavy (non-hydrogen) atoms. The molecule has 1 aromatic carbocycles. The van der Waals surface area contributed by atoms with Crippen molar-refractivity contribution in [2.24, 2.45) is 10.7 Å². The number of carbonyl (C=O) groups is 1. The zero-order chi connectivity index (χ0) is 22.2. The van der Waals surface area contributed by atoms with Crippen molar-refractivity contribution in [2.75, 3.05) is 11.9 Å². The van der Waals surface area contributed by atoms with E-state index in [4.69, 9.17) is 10.5 Å². The Labute approximate surface area is 173 Å². The van der Waals surface area contributed by atoms with Gasteiger partial charge in [-0.3, -0.25) is 9.79 Å². The molecular weight excluding hydrogens is 418 g/mol. The van der Waals surface area contributed by atoms with Gasteiger partial charge in [0.15, 0.2) is 11.8 Å². The molecule has 3 aromatic rings. The van der Waals surface area contributed by atoms with E-state index in [1.165, 1.54) is 12.3 Å². The number of hydrogen-bond acceptors (Lipinski definition) is 6. The second-order valence-electron chi connectivity index (χ2n) is 6.80. The molecule has 4 rings (SSSR count). The van der Waals surface area contributed by atoms with Crippen LogP contribution in [0.25, 0.3) is 11.0 Å². The van der Waals surface area contributed by atoms with Crippen LogP contribution in [0.15, 0.2) is 53.8 Å². The normalized spacial score (nSPS) is 19.2. The molecule has 7 nitrogen and oxygen atoms in total. The van der Waals surface area contributed by atoms with Gasteiger partial charge in [-0.05, 0) is 36.4 Å². The number of carbonyl (C=O) groups excluding carboxylic acids is 1. The number of alkyl halides is 3. The Morgan fingerprint density at radius 1 is 1.19 bits per heavy atom. The molecule has 2 atom stereocenters. The van der Waals surface area contributed by atoms with Crippen LogP contribution in [0, 0.1) is 5.82 Å². The highest BCUT2D eigenvalue weighted by molar-refractivity contribution is 6.05. The molecule has 3 N–H and O–H groups in total. The van der Waals surface area contributed by atoms with Gasteiger partial charge in [0, 0.05) is 29.0 Å². The van der Waals surface area contributed by atoms with Crippen LogP contribution in [0.1, 0.15) is 22.0 Å². The molecule has 2 aromatic heterocycles. The van der Waals surface area contributed by atoms with Gasteiger partial charge in [0.2, 0.25) is 0 Å². The molecule has 0 radical (unpaired) electrons. The monoisotopic (exact) mass is 433 g/mol. The first-order valence-electron chi connectivity index (χ1n) is 9.04. The van der Waals surface area contributed by atoms with E-state index in [0.717, 1.165) is 12.1 Å². The number of pyridine rings is 2. The van der Waals surface area contributed by atoms with Crippen LogP contribution in [0.2, 0.25) is 0 Å². The van der Waals surface area contributed by atoms with Crippen LogP contribution in [0.3, 0.4) is 0 Å². The molecule has 0 bridgehead atoms. The summed E-state index contributed by atoms with van der Waals surface area (Å²) in [5, 5.41) is 3.16. The van der Waals surface area contributed by atoms with Gasteiger partial charge in [0.25, 0.3) is 5.91 Å². The first-order chi connectivity index (χ1) is 14.7. The number of amidine groups is 1. The molecule has 11 heteroatoms. The second-order valence-corrected chi connectivity index (χ2v) is 6.80. The van der Waals surface area contributed by atoms with Crippen molar-refractivity contribution < 1.29 is 27.1 Å². The lowest BCUT2D eigenvalue weighted by Crippen LogP contribution is -2.43. The molecule has 0 saturated carbocycles. The third kappa shape index (κ3) is 4.31. The predicted molar refractivity (Wildman–Crippen MR) is 104 cm³/mol. The van der Waals surface area contributed by atoms with Crippen molar-refractivity contribution >= 4 is 28.5 Å². The second kappa shape index (κ2) is 7.91. The number of anilines is 1. The van der Waals surface area contributed by atoms with Gasteiger partial charge in [-0.2, -0.15) is 13.2 Å². The van der Waals surface area contributed by atoms with E-state index >= 15 is 0 Å². The van der Waals surface area contributed by atoms with Crippen LogP contribution in [-0.4, -0.2) is 40.6 Å². The maximum Gasteiger partial charge on any atom is 0.417 e. The summed E-state index contributed by atoms with van der Waals surface area (Å²) in [5.74, 6) is -1.70. The molecule has 1 aliphatic rings. The summed E-state index contributed by atoms with van der Waals surface area (Å²) in [6.45, 7) is -0.511. The lowest BCUT2D eigenvalue weighted by atomic mass is 9.99. The van der Waals surface area contributed by atoms with Crippen LogP contribution >= 0.6 is 0 Å². The maximum atomic E-state index is 14.4. The summed E-state index contributed by atoms with van der Waals surface area (Å²) in [6.07, 6.45) is -4.27. The Bertz CT molecular complexity index is 1180. The molecule has 3 heterocycles. The van der Waals surface area contributed by atoms with E-state index in [1.54, 1.807) is 24.4 Å². The number of aromatic nitrogens is 2. The maximum absolute atomic E-state index is 14.4. The Hall–Kier alpha value is -3.60. The smallest absolute Gasteiger partial charge is 0.386 e. The van der Waals surface area contributed by atoms with Crippen LogP contribution in [0.4, 0.5) is 23.2 Å². The minimum absolute atomic E-state index is 0.0768. The van der Waals surface area contributed by atoms with Gasteiger partial charge in [0.1, 0.15) is 24.3 Å². The Morgan fingerprint density at radius 3 is 2.77 bits per heavy atom. The van der Waals surface area contributed by atoms with Gasteiger partial charge in [-0.1, -0.05) is 0 Å². The number of nitrogens with two attached hydrogens (primary N) is 1. The summed E-state index contributed by atoms with van der Waals surface area (Å²) in [7, 11) is 0. The number of halogens is 4. The summed E-state index contributed by atoms with van der Waals surface area (Å²) < 4.78 is 59.2. The summed E-state index contributed by atoms with van der Waals surface area (Å²) in [4.78, 5) is 24.5. The van der Waals surface area contributed by atoms with Gasteiger partial charge in [-0.15, -0.1) is 0 Å². The number of nitrogens with one attached hydrogen (secondary N) is 1. The fourth-order valence-corrected chi connectivity index (χ4v) is 3.20. The van der Waals surface area contributed by atoms with E-state index in [1.807, 2.05) is 0 Å². The molecule has 160 valence electrons. The van der Waals surface area contributed by atoms with E-state index in [0.29, 0.717) is 11.0 Å². The van der Waals surface area contributed by atoms with Crippen molar-refractivity contribution in [2.45, 2.75) is 18.3 Å². The number of rotatable bonds is 3. The molecule has 0 fully saturated rings. The average molecular weight is 433 g/mol. The number of aliphatic imine (C=N–C) groups is 1. The van der Waals surface area contributed by atoms with E-state index in [9.17, 15) is 22.4 Å². The third-order valence-corrected chi connectivity index (χ3v) is 4.61. The molecule has 0 spiro atoms. The first kappa shape index (κ1) is 20.7. The van der Waals surface area contributed by atoms with Crippen LogP contribution in [0.5, 0.6) is 0 Å². The molecule has 0 aliphatic carbocycles. The van der Waals surface area contributed by atoms with Crippen molar-refractivity contribution in [1.82, 2.24) is 9.97 Å². The Balaban J connectivity index is 1.64. The Morgan fingerprint density at radius 2 is 2.00 bits per heavy atom. The van der Waals surface area contributed by atoms with Gasteiger partial charge >= 0.3 is 6.18 Å². The summed E-state index contributed by atoms with van der Waals surface area (Å²) >= 11 is 0. The van der Waals surface area contributed by atoms with E-state index in [-0.39, 0.29) is 17.1 Å². The van der Waals surface area contributed by atoms with Crippen LogP contribution in [-0.2, 0) is 4.74 Å². The summed E-state index contributed by atoms with van der Waals surface area (Å²) in [5.41, 5.74) is 5.84. The number of hydrogen-bond donors (Lipinski definition) is 2. The third-order valence-electron chi connectivity index (χ3n) is 4.61. The Kier molecular flexibility index (Phi) is 5.27. The zero-order valence-electron chi connectivity index (χ0n) is 15.7. The molecule has 1 aliphatic heterocycles. The number of ether oxygens (including phenoxy) is 1. The molecule has 2 unspecified atom stereocenters. The number of benzene rings is 1. The van der Waals surface area contributed by atoms with Gasteiger partial charge in [0.05, 0.1) is 5.56 Å². The lowest BCUT2D eigenvalue weighted by Gasteiger charge is -2.30. The highest BCUT2D eigenvalue weighted by Gasteiger charge is 2.49. The number of amides is 1. The lowest BCUT2D eigenvalue weighted by molar-refractivity contribution is -0.225. The quantitative estimate of drug-likeness (QED) is 0.617. The highest BCUT2D eigenvalue weighted by Crippen LogP contribution is 2.38. The first-order valence-corrected chi connectivity index (χ1v) is 9.04. The zero-order valence-corrected chi connectivity index (χ0v) is 15.7. The van der Waals surface area contributed by atoms with Gasteiger partial charge in [-0.25, -0.2) is 14.4 Å². The van der Waals surface area contributed by atoms with E-state index in [2.05, 4.69) is 20.3 Å². The van der Waals surface area contributed by atoms with Gasteiger partial charge < -0.3 is 15.8 Å². The topological polar surface area (TPSA) is 102 Å². The fraction of sp³-hybridized carbons (Fsp3) is 0.200. The average Bonchev–Trinajstić information content (AvgIpc) is 2.73. The minimum Gasteiger partial charge on any atom is -0.386 e. The largest absolute Gasteiger partial charge is 0.417 e. The van der Waals surface area contributed by atoms with Crippen molar-refractivity contribution in [1.29, 1.82) is 0 Å². The van der Waals surface area contributed by atoms with E-state index < -0.39 is 42.2 Å². The van der Waals surface area contributed by atoms with Crippen molar-refractivity contribution in [3.63, 3.8) is 0 Å². The predicted octanol–water partition coefficient (Wildman–Crippen LogP) is 3.38. The number of fused-ring (bicyclic) bond motifs is 1. The van der Waals surface area contributed by atoms with Crippen molar-refractivity contribution in [3.8, 4) is 0 Å². The SMILES string of the molecule is NC1=NC(c2cc(NC(=O)c3cnc4ncccc4c3)ccc2F)C(C(F)(F)F)OC1. The molecule has 1 amide bonds.